The second-order valence-corrected chi connectivity index (χ2v) is 3.61. The minimum Gasteiger partial charge on any atom is -0.260 e. The molecular weight excluding hydrogens is 170 g/mol. The largest absolute Gasteiger partial charge is 0.260 e. The summed E-state index contributed by atoms with van der Waals surface area (Å²) in [6, 6.07) is 8.38. The molecule has 1 atom stereocenters. The van der Waals surface area contributed by atoms with Gasteiger partial charge in [-0.15, -0.1) is 0 Å². The summed E-state index contributed by atoms with van der Waals surface area (Å²) in [7, 11) is 0. The molecule has 1 heterocycles. The molecule has 1 nitrogen and oxygen atoms in total. The van der Waals surface area contributed by atoms with Gasteiger partial charge in [0.05, 0.1) is 5.69 Å². The minimum absolute atomic E-state index is 0.529. The van der Waals surface area contributed by atoms with E-state index in [0.29, 0.717) is 11.8 Å². The number of para-hydroxylation sites is 1. The Balaban J connectivity index is 0.000000461. The predicted molar refractivity (Wildman–Crippen MR) is 63.5 cm³/mol. The zero-order valence-corrected chi connectivity index (χ0v) is 9.49. The smallest absolute Gasteiger partial charge is 0.0664 e. The Morgan fingerprint density at radius 3 is 2.43 bits per heavy atom. The van der Waals surface area contributed by atoms with Gasteiger partial charge in [0, 0.05) is 12.1 Å². The fraction of sp³-hybridized carbons (Fsp3) is 0.462. The molecular formula is C13H19N. The Morgan fingerprint density at radius 1 is 1.14 bits per heavy atom. The van der Waals surface area contributed by atoms with Crippen molar-refractivity contribution < 1.29 is 0 Å². The van der Waals surface area contributed by atoms with Crippen molar-refractivity contribution >= 4 is 11.9 Å². The van der Waals surface area contributed by atoms with Crippen molar-refractivity contribution in [2.24, 2.45) is 10.9 Å². The maximum Gasteiger partial charge on any atom is 0.0664 e. The van der Waals surface area contributed by atoms with Gasteiger partial charge in [0.2, 0.25) is 0 Å². The van der Waals surface area contributed by atoms with Crippen LogP contribution in [0.15, 0.2) is 29.3 Å². The SMILES string of the molecule is CC.CC(C)C1C=Nc2ccccc21. The lowest BCUT2D eigenvalue weighted by molar-refractivity contribution is 0.617. The van der Waals surface area contributed by atoms with Crippen LogP contribution in [0.1, 0.15) is 39.2 Å². The fourth-order valence-corrected chi connectivity index (χ4v) is 1.66. The van der Waals surface area contributed by atoms with Gasteiger partial charge in [-0.05, 0) is 17.5 Å². The predicted octanol–water partition coefficient (Wildman–Crippen LogP) is 4.17. The van der Waals surface area contributed by atoms with Crippen LogP contribution in [0, 0.1) is 5.92 Å². The quantitative estimate of drug-likeness (QED) is 0.628. The van der Waals surface area contributed by atoms with Gasteiger partial charge in [0.1, 0.15) is 0 Å². The third kappa shape index (κ3) is 2.03. The Morgan fingerprint density at radius 2 is 1.79 bits per heavy atom. The Hall–Kier alpha value is -1.11. The van der Waals surface area contributed by atoms with Gasteiger partial charge in [0.15, 0.2) is 0 Å². The molecule has 1 heteroatoms. The van der Waals surface area contributed by atoms with E-state index in [-0.39, 0.29) is 0 Å². The molecule has 0 amide bonds. The van der Waals surface area contributed by atoms with E-state index in [4.69, 9.17) is 0 Å². The van der Waals surface area contributed by atoms with Crippen LogP contribution in [-0.4, -0.2) is 6.21 Å². The van der Waals surface area contributed by atoms with Gasteiger partial charge in [0.25, 0.3) is 0 Å². The summed E-state index contributed by atoms with van der Waals surface area (Å²) in [4.78, 5) is 4.38. The molecule has 1 aliphatic heterocycles. The molecule has 0 saturated heterocycles. The van der Waals surface area contributed by atoms with E-state index < -0.39 is 0 Å². The van der Waals surface area contributed by atoms with Crippen LogP contribution in [0.4, 0.5) is 5.69 Å². The molecule has 1 aliphatic rings. The number of hydrogen-bond acceptors (Lipinski definition) is 1. The second kappa shape index (κ2) is 4.94. The average molecular weight is 189 g/mol. The molecule has 2 rings (SSSR count). The summed E-state index contributed by atoms with van der Waals surface area (Å²) in [5, 5.41) is 0. The van der Waals surface area contributed by atoms with E-state index in [0.717, 1.165) is 5.69 Å². The molecule has 0 aliphatic carbocycles. The summed E-state index contributed by atoms with van der Waals surface area (Å²) >= 11 is 0. The van der Waals surface area contributed by atoms with Crippen molar-refractivity contribution in [3.63, 3.8) is 0 Å². The van der Waals surface area contributed by atoms with Crippen LogP contribution in [0.2, 0.25) is 0 Å². The van der Waals surface area contributed by atoms with Crippen LogP contribution < -0.4 is 0 Å². The van der Waals surface area contributed by atoms with Crippen molar-refractivity contribution in [3.05, 3.63) is 29.8 Å². The lowest BCUT2D eigenvalue weighted by Crippen LogP contribution is -2.03. The number of rotatable bonds is 1. The van der Waals surface area contributed by atoms with Crippen molar-refractivity contribution in [2.75, 3.05) is 0 Å². The molecule has 0 saturated carbocycles. The molecule has 1 aromatic rings. The summed E-state index contributed by atoms with van der Waals surface area (Å²) < 4.78 is 0. The van der Waals surface area contributed by atoms with Crippen molar-refractivity contribution in [1.82, 2.24) is 0 Å². The average Bonchev–Trinajstić information content (AvgIpc) is 2.64. The Kier molecular flexibility index (Phi) is 3.87. The van der Waals surface area contributed by atoms with Crippen molar-refractivity contribution in [1.29, 1.82) is 0 Å². The monoisotopic (exact) mass is 189 g/mol. The first-order valence-electron chi connectivity index (χ1n) is 5.42. The van der Waals surface area contributed by atoms with Crippen LogP contribution in [0.5, 0.6) is 0 Å². The highest BCUT2D eigenvalue weighted by molar-refractivity contribution is 5.80. The fourth-order valence-electron chi connectivity index (χ4n) is 1.66. The van der Waals surface area contributed by atoms with Crippen molar-refractivity contribution in [3.8, 4) is 0 Å². The Bertz CT molecular complexity index is 313. The number of aliphatic imine (C=N–C) groups is 1. The van der Waals surface area contributed by atoms with Gasteiger partial charge in [-0.1, -0.05) is 45.9 Å². The molecule has 14 heavy (non-hydrogen) atoms. The molecule has 0 bridgehead atoms. The van der Waals surface area contributed by atoms with Crippen LogP contribution in [0.3, 0.4) is 0 Å². The maximum atomic E-state index is 4.38. The molecule has 0 fully saturated rings. The van der Waals surface area contributed by atoms with Crippen LogP contribution in [0.25, 0.3) is 0 Å². The van der Waals surface area contributed by atoms with Crippen LogP contribution >= 0.6 is 0 Å². The second-order valence-electron chi connectivity index (χ2n) is 3.61. The zero-order valence-electron chi connectivity index (χ0n) is 9.49. The van der Waals surface area contributed by atoms with Gasteiger partial charge >= 0.3 is 0 Å². The lowest BCUT2D eigenvalue weighted by atomic mass is 9.91. The molecule has 0 aromatic heterocycles. The molecule has 0 spiro atoms. The first kappa shape index (κ1) is 11.0. The molecule has 0 N–H and O–H groups in total. The molecule has 1 unspecified atom stereocenters. The zero-order chi connectivity index (χ0) is 10.6. The van der Waals surface area contributed by atoms with Gasteiger partial charge < -0.3 is 0 Å². The molecule has 0 radical (unpaired) electrons. The normalized spacial score (nSPS) is 17.6. The molecule has 1 aromatic carbocycles. The van der Waals surface area contributed by atoms with E-state index in [2.05, 4.69) is 43.3 Å². The van der Waals surface area contributed by atoms with Gasteiger partial charge in [-0.25, -0.2) is 0 Å². The summed E-state index contributed by atoms with van der Waals surface area (Å²) in [5.41, 5.74) is 2.53. The van der Waals surface area contributed by atoms with Gasteiger partial charge in [-0.2, -0.15) is 0 Å². The standard InChI is InChI=1S/C11H13N.C2H6/c1-8(2)10-7-12-11-6-4-3-5-9(10)11;1-2/h3-8,10H,1-2H3;1-2H3. The van der Waals surface area contributed by atoms with E-state index in [1.165, 1.54) is 5.56 Å². The van der Waals surface area contributed by atoms with E-state index >= 15 is 0 Å². The maximum absolute atomic E-state index is 4.38. The van der Waals surface area contributed by atoms with Gasteiger partial charge in [-0.3, -0.25) is 4.99 Å². The van der Waals surface area contributed by atoms with Crippen LogP contribution in [-0.2, 0) is 0 Å². The number of benzene rings is 1. The molecule has 76 valence electrons. The van der Waals surface area contributed by atoms with E-state index in [1.807, 2.05) is 19.9 Å². The third-order valence-corrected chi connectivity index (χ3v) is 2.39. The summed E-state index contributed by atoms with van der Waals surface area (Å²) in [6.07, 6.45) is 2.06. The highest BCUT2D eigenvalue weighted by Gasteiger charge is 2.20. The highest BCUT2D eigenvalue weighted by atomic mass is 14.8. The summed E-state index contributed by atoms with van der Waals surface area (Å²) in [5.74, 6) is 1.18. The lowest BCUT2D eigenvalue weighted by Gasteiger charge is -2.12. The topological polar surface area (TPSA) is 12.4 Å². The van der Waals surface area contributed by atoms with E-state index in [9.17, 15) is 0 Å². The number of hydrogen-bond donors (Lipinski definition) is 0. The van der Waals surface area contributed by atoms with E-state index in [1.54, 1.807) is 0 Å². The number of fused-ring (bicyclic) bond motifs is 1. The summed E-state index contributed by atoms with van der Waals surface area (Å²) in [6.45, 7) is 8.47. The highest BCUT2D eigenvalue weighted by Crippen LogP contribution is 2.35. The third-order valence-electron chi connectivity index (χ3n) is 2.39. The first-order valence-corrected chi connectivity index (χ1v) is 5.42. The minimum atomic E-state index is 0.529. The Labute approximate surface area is 86.9 Å². The van der Waals surface area contributed by atoms with Crippen molar-refractivity contribution in [2.45, 2.75) is 33.6 Å². The number of nitrogens with zero attached hydrogens (tertiary/aromatic N) is 1. The first-order chi connectivity index (χ1) is 6.79.